The smallest absolute Gasteiger partial charge is 1.00 e. The summed E-state index contributed by atoms with van der Waals surface area (Å²) in [6, 6.07) is 0. The Morgan fingerprint density at radius 2 is 1.08 bits per heavy atom. The first-order chi connectivity index (χ1) is 10.1. The van der Waals surface area contributed by atoms with E-state index in [9.17, 15) is 13.0 Å². The second-order valence-corrected chi connectivity index (χ2v) is 8.15. The van der Waals surface area contributed by atoms with Crippen molar-refractivity contribution in [1.29, 1.82) is 0 Å². The van der Waals surface area contributed by atoms with Gasteiger partial charge < -0.3 is 21.4 Å². The molecule has 24 heavy (non-hydrogen) atoms. The van der Waals surface area contributed by atoms with E-state index in [-0.39, 0.29) is 48.6 Å². The van der Waals surface area contributed by atoms with E-state index in [0.29, 0.717) is 6.42 Å². The average molecular weight is 398 g/mol. The minimum absolute atomic E-state index is 0. The topological polar surface area (TPSA) is 66.4 Å². The van der Waals surface area contributed by atoms with Gasteiger partial charge in [-0.15, -0.1) is 0 Å². The Morgan fingerprint density at radius 1 is 0.792 bits per heavy atom. The van der Waals surface area contributed by atoms with E-state index in [0.717, 1.165) is 17.3 Å². The summed E-state index contributed by atoms with van der Waals surface area (Å²) in [6.07, 6.45) is 11.7. The standard InChI is InChI=1S/C12H26O4S.C4H12N.ClH.Na/c1-2-3-4-5-6-7-8-9-10-11-12-16-17(13,14)15;1-5(2,3)4;;/h2-12H2,1H3,(H,13,14,15);1-4H3;1H;/q;+1;;+1/p-2. The van der Waals surface area contributed by atoms with Gasteiger partial charge in [0.2, 0.25) is 10.4 Å². The SMILES string of the molecule is CCCCCCCCCCCCOS(=O)(=O)[O-].C[N+](C)(C)C.[Cl-].[Na+]. The zero-order valence-electron chi connectivity index (χ0n) is 16.6. The van der Waals surface area contributed by atoms with Crippen molar-refractivity contribution < 1.29 is 63.6 Å². The third kappa shape index (κ3) is 49.5. The molecule has 0 fully saturated rings. The molecule has 0 aromatic rings. The van der Waals surface area contributed by atoms with E-state index in [4.69, 9.17) is 0 Å². The molecule has 0 N–H and O–H groups in total. The summed E-state index contributed by atoms with van der Waals surface area (Å²) in [5.74, 6) is 0. The van der Waals surface area contributed by atoms with Crippen LogP contribution in [0.3, 0.4) is 0 Å². The van der Waals surface area contributed by atoms with Gasteiger partial charge in [0.25, 0.3) is 0 Å². The molecule has 0 aliphatic heterocycles. The predicted octanol–water partition coefficient (Wildman–Crippen LogP) is -2.29. The molecular formula is C16H37ClNNaO4S. The third-order valence-corrected chi connectivity index (χ3v) is 3.18. The molecule has 8 heteroatoms. The minimum atomic E-state index is -4.48. The quantitative estimate of drug-likeness (QED) is 0.122. The molecule has 0 aliphatic carbocycles. The van der Waals surface area contributed by atoms with Crippen LogP contribution in [0.4, 0.5) is 0 Å². The molecule has 0 heterocycles. The molecule has 0 amide bonds. The number of nitrogens with zero attached hydrogens (tertiary/aromatic N) is 1. The summed E-state index contributed by atoms with van der Waals surface area (Å²) in [7, 11) is 4.02. The second kappa shape index (κ2) is 20.4. The molecule has 0 aromatic heterocycles. The summed E-state index contributed by atoms with van der Waals surface area (Å²) in [6.45, 7) is 2.24. The molecular weight excluding hydrogens is 361 g/mol. The number of hydrogen-bond acceptors (Lipinski definition) is 4. The molecule has 0 bridgehead atoms. The van der Waals surface area contributed by atoms with Crippen molar-refractivity contribution in [2.24, 2.45) is 0 Å². The van der Waals surface area contributed by atoms with Crippen LogP contribution in [-0.4, -0.2) is 52.3 Å². The van der Waals surface area contributed by atoms with Gasteiger partial charge in [0.1, 0.15) is 0 Å². The van der Waals surface area contributed by atoms with Crippen molar-refractivity contribution in [3.8, 4) is 0 Å². The summed E-state index contributed by atoms with van der Waals surface area (Å²) >= 11 is 0. The molecule has 0 atom stereocenters. The molecule has 144 valence electrons. The van der Waals surface area contributed by atoms with E-state index in [1.54, 1.807) is 0 Å². The van der Waals surface area contributed by atoms with Gasteiger partial charge in [0, 0.05) is 0 Å². The van der Waals surface area contributed by atoms with Crippen LogP contribution >= 0.6 is 0 Å². The van der Waals surface area contributed by atoms with Gasteiger partial charge in [-0.2, -0.15) is 0 Å². The van der Waals surface area contributed by atoms with Crippen molar-refractivity contribution in [3.63, 3.8) is 0 Å². The van der Waals surface area contributed by atoms with Gasteiger partial charge >= 0.3 is 29.6 Å². The van der Waals surface area contributed by atoms with Crippen LogP contribution in [-0.2, 0) is 14.6 Å². The van der Waals surface area contributed by atoms with Gasteiger partial charge in [0.15, 0.2) is 0 Å². The second-order valence-electron chi connectivity index (χ2n) is 7.10. The van der Waals surface area contributed by atoms with Gasteiger partial charge in [-0.25, -0.2) is 8.42 Å². The molecule has 0 spiro atoms. The number of hydrogen-bond donors (Lipinski definition) is 0. The number of quaternary nitrogens is 1. The van der Waals surface area contributed by atoms with E-state index in [1.807, 2.05) is 0 Å². The molecule has 0 unspecified atom stereocenters. The molecule has 0 radical (unpaired) electrons. The largest absolute Gasteiger partial charge is 1.00 e. The van der Waals surface area contributed by atoms with Crippen molar-refractivity contribution in [3.05, 3.63) is 0 Å². The Bertz CT molecular complexity index is 329. The number of rotatable bonds is 12. The maximum Gasteiger partial charge on any atom is 1.00 e. The molecule has 0 aliphatic rings. The average Bonchev–Trinajstić information content (AvgIpc) is 2.32. The Morgan fingerprint density at radius 3 is 1.38 bits per heavy atom. The Hall–Kier alpha value is 1.12. The summed E-state index contributed by atoms with van der Waals surface area (Å²) < 4.78 is 35.5. The molecule has 0 rings (SSSR count). The van der Waals surface area contributed by atoms with Crippen LogP contribution in [0.2, 0.25) is 0 Å². The number of halogens is 1. The Balaban J connectivity index is -0.000000250. The monoisotopic (exact) mass is 397 g/mol. The zero-order chi connectivity index (χ0) is 17.5. The van der Waals surface area contributed by atoms with Crippen molar-refractivity contribution in [2.45, 2.75) is 71.1 Å². The number of unbranched alkanes of at least 4 members (excludes halogenated alkanes) is 9. The maximum atomic E-state index is 10.1. The predicted molar refractivity (Wildman–Crippen MR) is 91.4 cm³/mol. The summed E-state index contributed by atoms with van der Waals surface area (Å²) in [5.41, 5.74) is 0. The molecule has 0 saturated carbocycles. The van der Waals surface area contributed by atoms with Crippen LogP contribution in [0.15, 0.2) is 0 Å². The van der Waals surface area contributed by atoms with Crippen molar-refractivity contribution in [1.82, 2.24) is 0 Å². The molecule has 0 saturated heterocycles. The van der Waals surface area contributed by atoms with Crippen LogP contribution in [0.25, 0.3) is 0 Å². The van der Waals surface area contributed by atoms with Crippen molar-refractivity contribution in [2.75, 3.05) is 34.8 Å². The molecule has 0 aromatic carbocycles. The van der Waals surface area contributed by atoms with Crippen LogP contribution in [0.5, 0.6) is 0 Å². The van der Waals surface area contributed by atoms with Crippen LogP contribution < -0.4 is 42.0 Å². The fourth-order valence-electron chi connectivity index (χ4n) is 1.75. The zero-order valence-corrected chi connectivity index (χ0v) is 20.2. The first kappa shape index (κ1) is 32.8. The maximum absolute atomic E-state index is 10.1. The normalized spacial score (nSPS) is 10.9. The summed E-state index contributed by atoms with van der Waals surface area (Å²) in [4.78, 5) is 0. The van der Waals surface area contributed by atoms with Gasteiger partial charge in [-0.3, -0.25) is 4.18 Å². The fourth-order valence-corrected chi connectivity index (χ4v) is 2.07. The van der Waals surface area contributed by atoms with Crippen LogP contribution in [0, 0.1) is 0 Å². The van der Waals surface area contributed by atoms with E-state index in [2.05, 4.69) is 39.3 Å². The van der Waals surface area contributed by atoms with Crippen LogP contribution in [0.1, 0.15) is 71.1 Å². The van der Waals surface area contributed by atoms with E-state index in [1.165, 1.54) is 44.9 Å². The fraction of sp³-hybridized carbons (Fsp3) is 1.00. The summed E-state index contributed by atoms with van der Waals surface area (Å²) in [5, 5.41) is 0. The minimum Gasteiger partial charge on any atom is -1.00 e. The van der Waals surface area contributed by atoms with E-state index < -0.39 is 10.4 Å². The third-order valence-electron chi connectivity index (χ3n) is 2.73. The van der Waals surface area contributed by atoms with Gasteiger partial charge in [-0.1, -0.05) is 64.7 Å². The first-order valence-electron chi connectivity index (χ1n) is 8.45. The van der Waals surface area contributed by atoms with Gasteiger partial charge in [0.05, 0.1) is 34.8 Å². The Kier molecular flexibility index (Phi) is 27.9. The molecule has 5 nitrogen and oxygen atoms in total. The van der Waals surface area contributed by atoms with Crippen molar-refractivity contribution >= 4 is 10.4 Å². The van der Waals surface area contributed by atoms with E-state index >= 15 is 0 Å². The first-order valence-corrected chi connectivity index (χ1v) is 9.78. The van der Waals surface area contributed by atoms with Gasteiger partial charge in [-0.05, 0) is 6.42 Å². The Labute approximate surface area is 179 Å².